The molecule has 0 spiro atoms. The molecule has 1 rings (SSSR count). The number of benzene rings is 1. The van der Waals surface area contributed by atoms with Crippen LogP contribution in [0.3, 0.4) is 0 Å². The van der Waals surface area contributed by atoms with Gasteiger partial charge in [0.15, 0.2) is 0 Å². The topological polar surface area (TPSA) is 24.1 Å². The average molecular weight is 285 g/mol. The van der Waals surface area contributed by atoms with Crippen LogP contribution < -0.4 is 10.6 Å². The minimum atomic E-state index is 0.192. The van der Waals surface area contributed by atoms with Crippen LogP contribution in [0.4, 0.5) is 5.69 Å². The van der Waals surface area contributed by atoms with Crippen molar-refractivity contribution in [3.63, 3.8) is 0 Å². The summed E-state index contributed by atoms with van der Waals surface area (Å²) < 4.78 is 1.16. The highest BCUT2D eigenvalue weighted by Crippen LogP contribution is 2.19. The number of halogens is 1. The first kappa shape index (κ1) is 13.5. The lowest BCUT2D eigenvalue weighted by atomic mass is 10.1. The molecule has 1 aromatic rings. The zero-order valence-electron chi connectivity index (χ0n) is 10.5. The van der Waals surface area contributed by atoms with Crippen molar-refractivity contribution in [3.8, 4) is 0 Å². The third kappa shape index (κ3) is 4.99. The van der Waals surface area contributed by atoms with Gasteiger partial charge in [-0.05, 0) is 51.5 Å². The summed E-state index contributed by atoms with van der Waals surface area (Å²) in [6.45, 7) is 10.5. The molecule has 0 fully saturated rings. The first-order valence-electron chi connectivity index (χ1n) is 5.63. The highest BCUT2D eigenvalue weighted by atomic mass is 79.9. The summed E-state index contributed by atoms with van der Waals surface area (Å²) in [4.78, 5) is 0. The van der Waals surface area contributed by atoms with E-state index in [0.29, 0.717) is 0 Å². The quantitative estimate of drug-likeness (QED) is 0.827. The molecule has 0 saturated heterocycles. The van der Waals surface area contributed by atoms with Crippen molar-refractivity contribution in [2.75, 3.05) is 18.4 Å². The summed E-state index contributed by atoms with van der Waals surface area (Å²) in [5.74, 6) is 0. The Morgan fingerprint density at radius 3 is 2.44 bits per heavy atom. The molecule has 0 unspecified atom stereocenters. The van der Waals surface area contributed by atoms with Crippen LogP contribution in [0.2, 0.25) is 0 Å². The normalized spacial score (nSPS) is 11.6. The van der Waals surface area contributed by atoms with Gasteiger partial charge in [-0.3, -0.25) is 0 Å². The lowest BCUT2D eigenvalue weighted by Crippen LogP contribution is -2.38. The van der Waals surface area contributed by atoms with Crippen LogP contribution in [0.25, 0.3) is 0 Å². The van der Waals surface area contributed by atoms with Gasteiger partial charge in [0.05, 0.1) is 0 Å². The zero-order chi connectivity index (χ0) is 12.2. The molecule has 1 aromatic carbocycles. The molecule has 0 bridgehead atoms. The molecule has 0 saturated carbocycles. The molecule has 0 amide bonds. The van der Waals surface area contributed by atoms with E-state index in [9.17, 15) is 0 Å². The van der Waals surface area contributed by atoms with Gasteiger partial charge >= 0.3 is 0 Å². The van der Waals surface area contributed by atoms with Crippen LogP contribution in [0.15, 0.2) is 22.7 Å². The first-order valence-corrected chi connectivity index (χ1v) is 6.43. The highest BCUT2D eigenvalue weighted by molar-refractivity contribution is 9.10. The van der Waals surface area contributed by atoms with Crippen molar-refractivity contribution in [2.45, 2.75) is 33.2 Å². The number of hydrogen-bond donors (Lipinski definition) is 2. The van der Waals surface area contributed by atoms with Crippen molar-refractivity contribution in [1.82, 2.24) is 5.32 Å². The molecule has 3 heteroatoms. The fraction of sp³-hybridized carbons (Fsp3) is 0.538. The van der Waals surface area contributed by atoms with Crippen molar-refractivity contribution in [3.05, 3.63) is 28.2 Å². The molecule has 16 heavy (non-hydrogen) atoms. The zero-order valence-corrected chi connectivity index (χ0v) is 12.1. The summed E-state index contributed by atoms with van der Waals surface area (Å²) in [6, 6.07) is 6.32. The summed E-state index contributed by atoms with van der Waals surface area (Å²) in [5, 5.41) is 6.85. The summed E-state index contributed by atoms with van der Waals surface area (Å²) in [7, 11) is 0. The lowest BCUT2D eigenvalue weighted by molar-refractivity contribution is 0.435. The molecule has 2 N–H and O–H groups in total. The Kier molecular flexibility index (Phi) is 4.81. The number of rotatable bonds is 4. The molecular weight excluding hydrogens is 264 g/mol. The van der Waals surface area contributed by atoms with E-state index in [1.54, 1.807) is 0 Å². The summed E-state index contributed by atoms with van der Waals surface area (Å²) in [5.41, 5.74) is 2.63. The van der Waals surface area contributed by atoms with Crippen LogP contribution in [0, 0.1) is 6.92 Å². The Morgan fingerprint density at radius 2 is 1.88 bits per heavy atom. The maximum Gasteiger partial charge on any atom is 0.0344 e. The maximum absolute atomic E-state index is 3.50. The van der Waals surface area contributed by atoms with E-state index in [1.807, 2.05) is 0 Å². The van der Waals surface area contributed by atoms with Gasteiger partial charge in [0.1, 0.15) is 0 Å². The largest absolute Gasteiger partial charge is 0.384 e. The Hall–Kier alpha value is -0.540. The smallest absolute Gasteiger partial charge is 0.0344 e. The van der Waals surface area contributed by atoms with E-state index >= 15 is 0 Å². The predicted molar refractivity (Wildman–Crippen MR) is 75.1 cm³/mol. The number of hydrogen-bond acceptors (Lipinski definition) is 2. The lowest BCUT2D eigenvalue weighted by Gasteiger charge is -2.20. The molecule has 2 nitrogen and oxygen atoms in total. The van der Waals surface area contributed by atoms with Gasteiger partial charge in [0.2, 0.25) is 0 Å². The fourth-order valence-electron chi connectivity index (χ4n) is 1.40. The van der Waals surface area contributed by atoms with Gasteiger partial charge in [-0.2, -0.15) is 0 Å². The molecule has 0 aromatic heterocycles. The Bertz CT molecular complexity index is 342. The minimum Gasteiger partial charge on any atom is -0.384 e. The minimum absolute atomic E-state index is 0.192. The second-order valence-electron chi connectivity index (χ2n) is 5.07. The average Bonchev–Trinajstić information content (AvgIpc) is 2.17. The van der Waals surface area contributed by atoms with Crippen molar-refractivity contribution < 1.29 is 0 Å². The third-order valence-electron chi connectivity index (χ3n) is 2.27. The molecule has 0 radical (unpaired) electrons. The molecule has 90 valence electrons. The van der Waals surface area contributed by atoms with E-state index in [-0.39, 0.29) is 5.54 Å². The van der Waals surface area contributed by atoms with E-state index < -0.39 is 0 Å². The van der Waals surface area contributed by atoms with Gasteiger partial charge in [-0.1, -0.05) is 15.9 Å². The van der Waals surface area contributed by atoms with Gasteiger partial charge < -0.3 is 10.6 Å². The molecule has 0 atom stereocenters. The van der Waals surface area contributed by atoms with Gasteiger partial charge in [0, 0.05) is 28.8 Å². The second-order valence-corrected chi connectivity index (χ2v) is 5.92. The second kappa shape index (κ2) is 5.69. The van der Waals surface area contributed by atoms with Crippen LogP contribution in [-0.2, 0) is 0 Å². The molecule has 0 aliphatic rings. The van der Waals surface area contributed by atoms with Crippen molar-refractivity contribution >= 4 is 21.6 Å². The number of anilines is 1. The third-order valence-corrected chi connectivity index (χ3v) is 3.16. The maximum atomic E-state index is 3.50. The van der Waals surface area contributed by atoms with Gasteiger partial charge in [-0.25, -0.2) is 0 Å². The molecule has 0 heterocycles. The van der Waals surface area contributed by atoms with E-state index in [4.69, 9.17) is 0 Å². The molecular formula is C13H21BrN2. The van der Waals surface area contributed by atoms with Crippen LogP contribution >= 0.6 is 15.9 Å². The van der Waals surface area contributed by atoms with E-state index in [1.165, 1.54) is 11.3 Å². The highest BCUT2D eigenvalue weighted by Gasteiger charge is 2.06. The van der Waals surface area contributed by atoms with Gasteiger partial charge in [-0.15, -0.1) is 0 Å². The Balaban J connectivity index is 2.35. The van der Waals surface area contributed by atoms with E-state index in [0.717, 1.165) is 17.6 Å². The molecule has 0 aliphatic heterocycles. The van der Waals surface area contributed by atoms with Crippen LogP contribution in [0.5, 0.6) is 0 Å². The summed E-state index contributed by atoms with van der Waals surface area (Å²) in [6.07, 6.45) is 0. The monoisotopic (exact) mass is 284 g/mol. The first-order chi connectivity index (χ1) is 7.38. The number of aryl methyl sites for hydroxylation is 1. The van der Waals surface area contributed by atoms with Gasteiger partial charge in [0.25, 0.3) is 0 Å². The number of nitrogens with one attached hydrogen (secondary N) is 2. The standard InChI is InChI=1S/C13H21BrN2/c1-10-9-11(5-6-12(10)14)15-7-8-16-13(2,3)4/h5-6,9,15-16H,7-8H2,1-4H3. The van der Waals surface area contributed by atoms with E-state index in [2.05, 4.69) is 72.5 Å². The fourth-order valence-corrected chi connectivity index (χ4v) is 1.65. The van der Waals surface area contributed by atoms with Crippen LogP contribution in [0.1, 0.15) is 26.3 Å². The predicted octanol–water partition coefficient (Wildman–Crippen LogP) is 3.56. The van der Waals surface area contributed by atoms with Crippen molar-refractivity contribution in [2.24, 2.45) is 0 Å². The summed E-state index contributed by atoms with van der Waals surface area (Å²) >= 11 is 3.50. The SMILES string of the molecule is Cc1cc(NCCNC(C)(C)C)ccc1Br. The Morgan fingerprint density at radius 1 is 1.19 bits per heavy atom. The molecule has 0 aliphatic carbocycles. The van der Waals surface area contributed by atoms with Crippen LogP contribution in [-0.4, -0.2) is 18.6 Å². The Labute approximate surface area is 107 Å². The van der Waals surface area contributed by atoms with Crippen molar-refractivity contribution in [1.29, 1.82) is 0 Å².